The minimum Gasteiger partial charge on any atom is -0.314 e. The maximum Gasteiger partial charge on any atom is 0.0870 e. The lowest BCUT2D eigenvalue weighted by atomic mass is 10.1. The van der Waals surface area contributed by atoms with Crippen LogP contribution in [0.15, 0.2) is 36.5 Å². The minimum absolute atomic E-state index is 0.309. The van der Waals surface area contributed by atoms with E-state index in [0.717, 1.165) is 32.6 Å². The molecule has 1 aliphatic heterocycles. The smallest absolute Gasteiger partial charge is 0.0870 e. The first-order valence-electron chi connectivity index (χ1n) is 7.33. The molecule has 1 atom stereocenters. The molecule has 3 heterocycles. The van der Waals surface area contributed by atoms with Crippen LogP contribution in [0.25, 0.3) is 0 Å². The van der Waals surface area contributed by atoms with Crippen molar-refractivity contribution in [3.63, 3.8) is 0 Å². The van der Waals surface area contributed by atoms with Gasteiger partial charge in [0, 0.05) is 42.1 Å². The monoisotopic (exact) mass is 287 g/mol. The third-order valence-corrected chi connectivity index (χ3v) is 5.07. The molecule has 106 valence electrons. The van der Waals surface area contributed by atoms with Crippen LogP contribution in [-0.2, 0) is 6.42 Å². The first-order chi connectivity index (χ1) is 9.88. The van der Waals surface area contributed by atoms with Gasteiger partial charge in [0.25, 0.3) is 0 Å². The topological polar surface area (TPSA) is 28.2 Å². The van der Waals surface area contributed by atoms with Gasteiger partial charge in [-0.05, 0) is 30.7 Å². The number of hydrogen-bond donors (Lipinski definition) is 1. The molecule has 1 unspecified atom stereocenters. The van der Waals surface area contributed by atoms with E-state index in [1.54, 1.807) is 0 Å². The second-order valence-electron chi connectivity index (χ2n) is 5.10. The van der Waals surface area contributed by atoms with E-state index in [0.29, 0.717) is 6.04 Å². The number of thiophene rings is 1. The maximum atomic E-state index is 4.61. The van der Waals surface area contributed by atoms with E-state index in [1.165, 1.54) is 15.4 Å². The van der Waals surface area contributed by atoms with Crippen molar-refractivity contribution >= 4 is 11.3 Å². The molecule has 0 saturated carbocycles. The highest BCUT2D eigenvalue weighted by Crippen LogP contribution is 2.32. The average Bonchev–Trinajstić information content (AvgIpc) is 2.98. The molecule has 1 aliphatic rings. The van der Waals surface area contributed by atoms with Crippen molar-refractivity contribution in [1.29, 1.82) is 0 Å². The van der Waals surface area contributed by atoms with Gasteiger partial charge in [-0.1, -0.05) is 13.0 Å². The summed E-state index contributed by atoms with van der Waals surface area (Å²) in [5.41, 5.74) is 1.17. The summed E-state index contributed by atoms with van der Waals surface area (Å²) in [5, 5.41) is 3.43. The van der Waals surface area contributed by atoms with Gasteiger partial charge >= 0.3 is 0 Å². The van der Waals surface area contributed by atoms with Crippen molar-refractivity contribution in [3.05, 3.63) is 52.0 Å². The van der Waals surface area contributed by atoms with Crippen molar-refractivity contribution in [3.8, 4) is 0 Å². The Morgan fingerprint density at radius 3 is 2.75 bits per heavy atom. The predicted molar refractivity (Wildman–Crippen MR) is 84.2 cm³/mol. The van der Waals surface area contributed by atoms with Gasteiger partial charge in [-0.2, -0.15) is 0 Å². The maximum absolute atomic E-state index is 4.61. The summed E-state index contributed by atoms with van der Waals surface area (Å²) in [6.07, 6.45) is 3.01. The zero-order valence-electron chi connectivity index (χ0n) is 11.9. The van der Waals surface area contributed by atoms with E-state index in [1.807, 2.05) is 23.6 Å². The van der Waals surface area contributed by atoms with Crippen LogP contribution in [0.5, 0.6) is 0 Å². The van der Waals surface area contributed by atoms with E-state index in [-0.39, 0.29) is 0 Å². The van der Waals surface area contributed by atoms with Crippen LogP contribution < -0.4 is 5.32 Å². The molecule has 3 nitrogen and oxygen atoms in total. The summed E-state index contributed by atoms with van der Waals surface area (Å²) in [6.45, 7) is 6.52. The fraction of sp³-hybridized carbons (Fsp3) is 0.438. The lowest BCUT2D eigenvalue weighted by molar-refractivity contribution is 0.198. The summed E-state index contributed by atoms with van der Waals surface area (Å²) in [5.74, 6) is 0. The van der Waals surface area contributed by atoms with Gasteiger partial charge in [-0.15, -0.1) is 11.3 Å². The molecule has 20 heavy (non-hydrogen) atoms. The zero-order chi connectivity index (χ0) is 13.8. The van der Waals surface area contributed by atoms with Gasteiger partial charge in [0.05, 0.1) is 11.7 Å². The fourth-order valence-corrected chi connectivity index (χ4v) is 3.82. The number of nitrogens with one attached hydrogen (secondary N) is 1. The Bertz CT molecular complexity index is 532. The van der Waals surface area contributed by atoms with Crippen LogP contribution in [0.1, 0.15) is 28.4 Å². The Morgan fingerprint density at radius 1 is 1.25 bits per heavy atom. The molecular formula is C16H21N3S. The normalized spacial score (nSPS) is 18.1. The highest BCUT2D eigenvalue weighted by molar-refractivity contribution is 7.12. The predicted octanol–water partition coefficient (Wildman–Crippen LogP) is 2.70. The molecule has 0 spiro atoms. The Balaban J connectivity index is 1.94. The largest absolute Gasteiger partial charge is 0.314 e. The summed E-state index contributed by atoms with van der Waals surface area (Å²) in [7, 11) is 0. The molecule has 2 aromatic rings. The van der Waals surface area contributed by atoms with Gasteiger partial charge in [-0.3, -0.25) is 9.88 Å². The first-order valence-corrected chi connectivity index (χ1v) is 8.14. The van der Waals surface area contributed by atoms with E-state index < -0.39 is 0 Å². The number of aryl methyl sites for hydroxylation is 1. The molecule has 1 fully saturated rings. The van der Waals surface area contributed by atoms with Crippen molar-refractivity contribution in [2.24, 2.45) is 0 Å². The van der Waals surface area contributed by atoms with Gasteiger partial charge in [0.2, 0.25) is 0 Å². The molecule has 4 heteroatoms. The average molecular weight is 287 g/mol. The van der Waals surface area contributed by atoms with Crippen molar-refractivity contribution in [2.45, 2.75) is 19.4 Å². The lowest BCUT2D eigenvalue weighted by Gasteiger charge is -2.34. The minimum atomic E-state index is 0.309. The third kappa shape index (κ3) is 2.92. The Hall–Kier alpha value is -1.23. The highest BCUT2D eigenvalue weighted by atomic mass is 32.1. The summed E-state index contributed by atoms with van der Waals surface area (Å²) in [6, 6.07) is 11.1. The highest BCUT2D eigenvalue weighted by Gasteiger charge is 2.25. The SMILES string of the molecule is CCc1ccc(C(c2ccccn2)N2CCNCC2)s1. The number of piperazine rings is 1. The third-order valence-electron chi connectivity index (χ3n) is 3.79. The van der Waals surface area contributed by atoms with Gasteiger partial charge < -0.3 is 5.32 Å². The number of rotatable bonds is 4. The van der Waals surface area contributed by atoms with Crippen LogP contribution in [0.3, 0.4) is 0 Å². The first kappa shape index (κ1) is 13.7. The number of hydrogen-bond acceptors (Lipinski definition) is 4. The van der Waals surface area contributed by atoms with E-state index >= 15 is 0 Å². The zero-order valence-corrected chi connectivity index (χ0v) is 12.7. The van der Waals surface area contributed by atoms with Gasteiger partial charge in [0.1, 0.15) is 0 Å². The summed E-state index contributed by atoms with van der Waals surface area (Å²) >= 11 is 1.93. The van der Waals surface area contributed by atoms with E-state index in [4.69, 9.17) is 0 Å². The molecular weight excluding hydrogens is 266 g/mol. The van der Waals surface area contributed by atoms with Gasteiger partial charge in [-0.25, -0.2) is 0 Å². The van der Waals surface area contributed by atoms with Crippen molar-refractivity contribution in [2.75, 3.05) is 26.2 Å². The molecule has 0 aromatic carbocycles. The van der Waals surface area contributed by atoms with Crippen LogP contribution in [0, 0.1) is 0 Å². The number of nitrogens with zero attached hydrogens (tertiary/aromatic N) is 2. The number of aromatic nitrogens is 1. The van der Waals surface area contributed by atoms with Crippen LogP contribution in [0.4, 0.5) is 0 Å². The summed E-state index contributed by atoms with van der Waals surface area (Å²) < 4.78 is 0. The van der Waals surface area contributed by atoms with Gasteiger partial charge in [0.15, 0.2) is 0 Å². The second-order valence-corrected chi connectivity index (χ2v) is 6.30. The fourth-order valence-electron chi connectivity index (χ4n) is 2.72. The standard InChI is InChI=1S/C16H21N3S/c1-2-13-6-7-15(20-13)16(14-5-3-4-8-18-14)19-11-9-17-10-12-19/h3-8,16-17H,2,9-12H2,1H3. The molecule has 1 N–H and O–H groups in total. The molecule has 1 saturated heterocycles. The van der Waals surface area contributed by atoms with E-state index in [9.17, 15) is 0 Å². The molecule has 3 rings (SSSR count). The molecule has 2 aromatic heterocycles. The Kier molecular flexibility index (Phi) is 4.45. The van der Waals surface area contributed by atoms with Crippen molar-refractivity contribution in [1.82, 2.24) is 15.2 Å². The molecule has 0 radical (unpaired) electrons. The molecule has 0 aliphatic carbocycles. The Labute approximate surface area is 124 Å². The summed E-state index contributed by atoms with van der Waals surface area (Å²) in [4.78, 5) is 10.0. The van der Waals surface area contributed by atoms with Crippen LogP contribution in [0.2, 0.25) is 0 Å². The Morgan fingerprint density at radius 2 is 2.10 bits per heavy atom. The number of pyridine rings is 1. The molecule has 0 amide bonds. The lowest BCUT2D eigenvalue weighted by Crippen LogP contribution is -2.45. The second kappa shape index (κ2) is 6.48. The van der Waals surface area contributed by atoms with Crippen LogP contribution in [-0.4, -0.2) is 36.1 Å². The van der Waals surface area contributed by atoms with Crippen LogP contribution >= 0.6 is 11.3 Å². The van der Waals surface area contributed by atoms with E-state index in [2.05, 4.69) is 46.4 Å². The quantitative estimate of drug-likeness (QED) is 0.937. The van der Waals surface area contributed by atoms with Crippen molar-refractivity contribution < 1.29 is 0 Å². The molecule has 0 bridgehead atoms.